The Hall–Kier alpha value is -3.04. The predicted octanol–water partition coefficient (Wildman–Crippen LogP) is 2.97. The lowest BCUT2D eigenvalue weighted by Gasteiger charge is -2.03. The van der Waals surface area contributed by atoms with Crippen molar-refractivity contribution < 1.29 is 8.42 Å². The molecule has 0 aliphatic rings. The fourth-order valence-corrected chi connectivity index (χ4v) is 3.24. The molecular formula is C17H11N3O2S. The molecule has 3 rings (SSSR count). The van der Waals surface area contributed by atoms with E-state index in [9.17, 15) is 13.7 Å². The first-order chi connectivity index (χ1) is 11.1. The molecule has 0 saturated heterocycles. The largest absolute Gasteiger partial charge is 0.252 e. The van der Waals surface area contributed by atoms with Gasteiger partial charge in [-0.15, -0.1) is 0 Å². The van der Waals surface area contributed by atoms with Crippen LogP contribution in [-0.4, -0.2) is 18.4 Å². The molecule has 0 bridgehead atoms. The van der Waals surface area contributed by atoms with Gasteiger partial charge in [-0.3, -0.25) is 4.98 Å². The first-order valence-electron chi connectivity index (χ1n) is 6.75. The average molecular weight is 321 g/mol. The summed E-state index contributed by atoms with van der Waals surface area (Å²) in [6, 6.07) is 16.8. The maximum absolute atomic E-state index is 12.5. The van der Waals surface area contributed by atoms with Gasteiger partial charge in [-0.05, 0) is 30.3 Å². The number of benzene rings is 2. The summed E-state index contributed by atoms with van der Waals surface area (Å²) in [4.78, 5) is 8.23. The predicted molar refractivity (Wildman–Crippen MR) is 86.8 cm³/mol. The van der Waals surface area contributed by atoms with E-state index in [1.54, 1.807) is 30.3 Å². The minimum Gasteiger partial charge on any atom is -0.252 e. The normalized spacial score (nSPS) is 12.0. The van der Waals surface area contributed by atoms with Gasteiger partial charge in [0, 0.05) is 0 Å². The summed E-state index contributed by atoms with van der Waals surface area (Å²) in [6.07, 6.45) is 2.68. The van der Waals surface area contributed by atoms with E-state index in [4.69, 9.17) is 0 Å². The van der Waals surface area contributed by atoms with Crippen LogP contribution >= 0.6 is 0 Å². The molecule has 5 nitrogen and oxygen atoms in total. The summed E-state index contributed by atoms with van der Waals surface area (Å²) in [5.41, 5.74) is 1.66. The number of fused-ring (bicyclic) bond motifs is 1. The van der Waals surface area contributed by atoms with E-state index in [1.165, 1.54) is 24.4 Å². The number of para-hydroxylation sites is 2. The maximum Gasteiger partial charge on any atom is 0.216 e. The van der Waals surface area contributed by atoms with Crippen LogP contribution in [0.3, 0.4) is 0 Å². The van der Waals surface area contributed by atoms with Gasteiger partial charge in [-0.2, -0.15) is 5.26 Å². The van der Waals surface area contributed by atoms with E-state index in [-0.39, 0.29) is 9.80 Å². The van der Waals surface area contributed by atoms with Crippen molar-refractivity contribution in [3.05, 3.63) is 71.4 Å². The van der Waals surface area contributed by atoms with Crippen LogP contribution in [0.5, 0.6) is 0 Å². The molecule has 0 spiro atoms. The van der Waals surface area contributed by atoms with E-state index in [1.807, 2.05) is 18.2 Å². The Kier molecular flexibility index (Phi) is 3.87. The molecule has 1 aromatic heterocycles. The second-order valence-corrected chi connectivity index (χ2v) is 6.64. The Morgan fingerprint density at radius 1 is 1.00 bits per heavy atom. The fourth-order valence-electron chi connectivity index (χ4n) is 2.07. The molecule has 0 saturated carbocycles. The number of allylic oxidation sites excluding steroid dienone is 1. The summed E-state index contributed by atoms with van der Waals surface area (Å²) < 4.78 is 25.0. The standard InChI is InChI=1S/C17H11N3O2S/c18-11-15(23(21,22)14-6-2-1-3-7-14)10-13-12-19-16-8-4-5-9-17(16)20-13/h1-10,12H/b15-10+. The molecule has 0 radical (unpaired) electrons. The van der Waals surface area contributed by atoms with Crippen LogP contribution in [0.15, 0.2) is 70.6 Å². The minimum absolute atomic E-state index is 0.0709. The Labute approximate surface area is 133 Å². The molecule has 0 aliphatic heterocycles. The van der Waals surface area contributed by atoms with Crippen molar-refractivity contribution in [1.29, 1.82) is 5.26 Å². The SMILES string of the molecule is N#C/C(=C\c1cnc2ccccc2n1)S(=O)(=O)c1ccccc1. The molecule has 23 heavy (non-hydrogen) atoms. The molecule has 0 fully saturated rings. The monoisotopic (exact) mass is 321 g/mol. The third kappa shape index (κ3) is 2.96. The number of sulfone groups is 1. The van der Waals surface area contributed by atoms with E-state index < -0.39 is 9.84 Å². The highest BCUT2D eigenvalue weighted by molar-refractivity contribution is 7.95. The van der Waals surface area contributed by atoms with Crippen LogP contribution in [0.25, 0.3) is 17.1 Å². The number of hydrogen-bond donors (Lipinski definition) is 0. The number of aromatic nitrogens is 2. The number of nitrogens with zero attached hydrogens (tertiary/aromatic N) is 3. The van der Waals surface area contributed by atoms with Gasteiger partial charge < -0.3 is 0 Å². The Morgan fingerprint density at radius 2 is 1.65 bits per heavy atom. The lowest BCUT2D eigenvalue weighted by molar-refractivity contribution is 0.603. The fraction of sp³-hybridized carbons (Fsp3) is 0. The van der Waals surface area contributed by atoms with E-state index >= 15 is 0 Å². The molecule has 0 N–H and O–H groups in total. The van der Waals surface area contributed by atoms with Crippen LogP contribution < -0.4 is 0 Å². The second kappa shape index (κ2) is 5.99. The molecule has 0 amide bonds. The molecule has 3 aromatic rings. The number of nitriles is 1. The van der Waals surface area contributed by atoms with Gasteiger partial charge in [0.25, 0.3) is 0 Å². The van der Waals surface area contributed by atoms with Crippen molar-refractivity contribution in [1.82, 2.24) is 9.97 Å². The van der Waals surface area contributed by atoms with Gasteiger partial charge in [-0.25, -0.2) is 13.4 Å². The van der Waals surface area contributed by atoms with Gasteiger partial charge in [-0.1, -0.05) is 30.3 Å². The first kappa shape index (κ1) is 14.9. The zero-order chi connectivity index (χ0) is 16.3. The van der Waals surface area contributed by atoms with Crippen LogP contribution in [0.1, 0.15) is 5.69 Å². The van der Waals surface area contributed by atoms with Gasteiger partial charge >= 0.3 is 0 Å². The number of rotatable bonds is 3. The highest BCUT2D eigenvalue weighted by atomic mass is 32.2. The van der Waals surface area contributed by atoms with Crippen molar-refractivity contribution in [2.75, 3.05) is 0 Å². The summed E-state index contributed by atoms with van der Waals surface area (Å²) in [6.45, 7) is 0. The van der Waals surface area contributed by atoms with Gasteiger partial charge in [0.15, 0.2) is 4.91 Å². The summed E-state index contributed by atoms with van der Waals surface area (Å²) in [7, 11) is -3.87. The van der Waals surface area contributed by atoms with E-state index in [2.05, 4.69) is 9.97 Å². The van der Waals surface area contributed by atoms with Crippen LogP contribution in [0.2, 0.25) is 0 Å². The van der Waals surface area contributed by atoms with Gasteiger partial charge in [0.1, 0.15) is 6.07 Å². The Bertz CT molecular complexity index is 1040. The number of hydrogen-bond acceptors (Lipinski definition) is 5. The van der Waals surface area contributed by atoms with Gasteiger partial charge in [0.05, 0.1) is 27.8 Å². The summed E-state index contributed by atoms with van der Waals surface area (Å²) in [5.74, 6) is 0. The maximum atomic E-state index is 12.5. The lowest BCUT2D eigenvalue weighted by atomic mass is 10.3. The second-order valence-electron chi connectivity index (χ2n) is 4.72. The Balaban J connectivity index is 2.09. The highest BCUT2D eigenvalue weighted by Crippen LogP contribution is 2.20. The molecule has 6 heteroatoms. The smallest absolute Gasteiger partial charge is 0.216 e. The molecular weight excluding hydrogens is 310 g/mol. The molecule has 112 valence electrons. The van der Waals surface area contributed by atoms with Crippen molar-refractivity contribution in [3.8, 4) is 6.07 Å². The zero-order valence-corrected chi connectivity index (χ0v) is 12.7. The van der Waals surface area contributed by atoms with E-state index in [0.717, 1.165) is 0 Å². The molecule has 0 aliphatic carbocycles. The van der Waals surface area contributed by atoms with Crippen LogP contribution in [0.4, 0.5) is 0 Å². The quantitative estimate of drug-likeness (QED) is 0.692. The minimum atomic E-state index is -3.87. The summed E-state index contributed by atoms with van der Waals surface area (Å²) >= 11 is 0. The zero-order valence-electron chi connectivity index (χ0n) is 11.9. The van der Waals surface area contributed by atoms with Crippen molar-refractivity contribution in [2.45, 2.75) is 4.90 Å². The highest BCUT2D eigenvalue weighted by Gasteiger charge is 2.20. The molecule has 0 atom stereocenters. The van der Waals surface area contributed by atoms with Crippen molar-refractivity contribution in [2.24, 2.45) is 0 Å². The van der Waals surface area contributed by atoms with E-state index in [0.29, 0.717) is 16.7 Å². The summed E-state index contributed by atoms with van der Waals surface area (Å²) in [5, 5.41) is 9.25. The Morgan fingerprint density at radius 3 is 2.35 bits per heavy atom. The third-order valence-electron chi connectivity index (χ3n) is 3.20. The third-order valence-corrected chi connectivity index (χ3v) is 4.88. The van der Waals surface area contributed by atoms with Crippen molar-refractivity contribution >= 4 is 26.9 Å². The van der Waals surface area contributed by atoms with Gasteiger partial charge in [0.2, 0.25) is 9.84 Å². The lowest BCUT2D eigenvalue weighted by Crippen LogP contribution is -2.03. The molecule has 1 heterocycles. The van der Waals surface area contributed by atoms with Crippen molar-refractivity contribution in [3.63, 3.8) is 0 Å². The van der Waals surface area contributed by atoms with Crippen LogP contribution in [-0.2, 0) is 9.84 Å². The first-order valence-corrected chi connectivity index (χ1v) is 8.23. The van der Waals surface area contributed by atoms with Crippen LogP contribution in [0, 0.1) is 11.3 Å². The molecule has 2 aromatic carbocycles. The molecule has 0 unspecified atom stereocenters. The topological polar surface area (TPSA) is 83.7 Å². The average Bonchev–Trinajstić information content (AvgIpc) is 2.60.